The SMILES string of the molecule is C=CCCCOC(N)=O. The van der Waals surface area contributed by atoms with E-state index in [1.807, 2.05) is 0 Å². The number of primary amides is 1. The molecule has 0 spiro atoms. The quantitative estimate of drug-likeness (QED) is 0.455. The third-order valence-corrected chi connectivity index (χ3v) is 0.797. The van der Waals surface area contributed by atoms with Gasteiger partial charge in [0.1, 0.15) is 0 Å². The van der Waals surface area contributed by atoms with Crippen molar-refractivity contribution in [3.8, 4) is 0 Å². The van der Waals surface area contributed by atoms with Crippen LogP contribution in [0.3, 0.4) is 0 Å². The summed E-state index contributed by atoms with van der Waals surface area (Å²) < 4.78 is 4.44. The lowest BCUT2D eigenvalue weighted by atomic mass is 10.3. The van der Waals surface area contributed by atoms with Crippen LogP contribution in [0.25, 0.3) is 0 Å². The molecule has 0 saturated carbocycles. The number of hydrogen-bond acceptors (Lipinski definition) is 2. The molecular formula is C6H11NO2. The zero-order chi connectivity index (χ0) is 7.11. The largest absolute Gasteiger partial charge is 0.450 e. The predicted molar refractivity (Wildman–Crippen MR) is 35.0 cm³/mol. The highest BCUT2D eigenvalue weighted by atomic mass is 16.5. The number of rotatable bonds is 4. The number of ether oxygens (including phenoxy) is 1. The molecule has 0 aromatic rings. The number of hydrogen-bond donors (Lipinski definition) is 1. The standard InChI is InChI=1S/C6H11NO2/c1-2-3-4-5-9-6(7)8/h2H,1,3-5H2,(H2,7,8). The number of nitrogens with two attached hydrogens (primary N) is 1. The number of unbranched alkanes of at least 4 members (excludes halogenated alkanes) is 1. The highest BCUT2D eigenvalue weighted by Gasteiger charge is 1.89. The highest BCUT2D eigenvalue weighted by molar-refractivity contribution is 5.64. The first-order valence-corrected chi connectivity index (χ1v) is 2.80. The average Bonchev–Trinajstić information content (AvgIpc) is 1.80. The summed E-state index contributed by atoms with van der Waals surface area (Å²) in [5.74, 6) is 0. The summed E-state index contributed by atoms with van der Waals surface area (Å²) in [6, 6.07) is 0. The molecule has 0 atom stereocenters. The van der Waals surface area contributed by atoms with Gasteiger partial charge in [0.15, 0.2) is 0 Å². The van der Waals surface area contributed by atoms with E-state index < -0.39 is 6.09 Å². The molecule has 0 heterocycles. The fourth-order valence-electron chi connectivity index (χ4n) is 0.400. The Labute approximate surface area is 54.5 Å². The van der Waals surface area contributed by atoms with E-state index in [1.54, 1.807) is 6.08 Å². The van der Waals surface area contributed by atoms with Crippen molar-refractivity contribution in [2.45, 2.75) is 12.8 Å². The Kier molecular flexibility index (Phi) is 4.59. The molecule has 0 aromatic carbocycles. The number of allylic oxidation sites excluding steroid dienone is 1. The molecule has 0 fully saturated rings. The van der Waals surface area contributed by atoms with Crippen LogP contribution in [-0.4, -0.2) is 12.7 Å². The second-order valence-electron chi connectivity index (χ2n) is 1.60. The van der Waals surface area contributed by atoms with Gasteiger partial charge in [0.05, 0.1) is 6.61 Å². The highest BCUT2D eigenvalue weighted by Crippen LogP contribution is 1.88. The van der Waals surface area contributed by atoms with Gasteiger partial charge in [0.25, 0.3) is 0 Å². The summed E-state index contributed by atoms with van der Waals surface area (Å²) in [6.07, 6.45) is 2.71. The van der Waals surface area contributed by atoms with Gasteiger partial charge in [-0.15, -0.1) is 6.58 Å². The van der Waals surface area contributed by atoms with E-state index in [0.717, 1.165) is 12.8 Å². The van der Waals surface area contributed by atoms with Gasteiger partial charge in [-0.25, -0.2) is 4.79 Å². The summed E-state index contributed by atoms with van der Waals surface area (Å²) in [4.78, 5) is 9.94. The Morgan fingerprint density at radius 2 is 2.44 bits per heavy atom. The van der Waals surface area contributed by atoms with Crippen LogP contribution in [-0.2, 0) is 4.74 Å². The summed E-state index contributed by atoms with van der Waals surface area (Å²) in [5, 5.41) is 0. The summed E-state index contributed by atoms with van der Waals surface area (Å²) >= 11 is 0. The number of carbonyl (C=O) groups excluding carboxylic acids is 1. The van der Waals surface area contributed by atoms with Crippen LogP contribution in [0.4, 0.5) is 4.79 Å². The van der Waals surface area contributed by atoms with Crippen LogP contribution in [0, 0.1) is 0 Å². The van der Waals surface area contributed by atoms with Crippen LogP contribution in [0.5, 0.6) is 0 Å². The van der Waals surface area contributed by atoms with Gasteiger partial charge >= 0.3 is 6.09 Å². The van der Waals surface area contributed by atoms with Crippen LogP contribution in [0.1, 0.15) is 12.8 Å². The molecule has 0 saturated heterocycles. The van der Waals surface area contributed by atoms with Crippen molar-refractivity contribution < 1.29 is 9.53 Å². The van der Waals surface area contributed by atoms with Crippen LogP contribution >= 0.6 is 0 Å². The summed E-state index contributed by atoms with van der Waals surface area (Å²) in [5.41, 5.74) is 4.69. The first-order valence-electron chi connectivity index (χ1n) is 2.80. The van der Waals surface area contributed by atoms with E-state index in [4.69, 9.17) is 0 Å². The zero-order valence-corrected chi connectivity index (χ0v) is 5.30. The van der Waals surface area contributed by atoms with Crippen molar-refractivity contribution in [2.24, 2.45) is 5.73 Å². The molecule has 2 N–H and O–H groups in total. The molecule has 0 unspecified atom stereocenters. The average molecular weight is 129 g/mol. The van der Waals surface area contributed by atoms with Crippen molar-refractivity contribution in [2.75, 3.05) is 6.61 Å². The normalized spacial score (nSPS) is 8.44. The van der Waals surface area contributed by atoms with E-state index >= 15 is 0 Å². The molecule has 0 aliphatic heterocycles. The van der Waals surface area contributed by atoms with Gasteiger partial charge in [0.2, 0.25) is 0 Å². The molecule has 52 valence electrons. The van der Waals surface area contributed by atoms with Crippen molar-refractivity contribution in [1.82, 2.24) is 0 Å². The van der Waals surface area contributed by atoms with Crippen molar-refractivity contribution in [1.29, 1.82) is 0 Å². The van der Waals surface area contributed by atoms with E-state index in [2.05, 4.69) is 17.0 Å². The van der Waals surface area contributed by atoms with Gasteiger partial charge in [-0.05, 0) is 12.8 Å². The Morgan fingerprint density at radius 3 is 2.89 bits per heavy atom. The predicted octanol–water partition coefficient (Wildman–Crippen LogP) is 1.05. The minimum absolute atomic E-state index is 0.390. The molecule has 0 bridgehead atoms. The van der Waals surface area contributed by atoms with Crippen LogP contribution in [0.15, 0.2) is 12.7 Å². The second kappa shape index (κ2) is 5.15. The Hall–Kier alpha value is -0.990. The summed E-state index contributed by atoms with van der Waals surface area (Å²) in [6.45, 7) is 3.90. The van der Waals surface area contributed by atoms with Gasteiger partial charge in [-0.2, -0.15) is 0 Å². The lowest BCUT2D eigenvalue weighted by Gasteiger charge is -1.96. The third kappa shape index (κ3) is 7.01. The maximum atomic E-state index is 9.94. The van der Waals surface area contributed by atoms with E-state index in [1.165, 1.54) is 0 Å². The monoisotopic (exact) mass is 129 g/mol. The van der Waals surface area contributed by atoms with Gasteiger partial charge in [-0.3, -0.25) is 0 Å². The summed E-state index contributed by atoms with van der Waals surface area (Å²) in [7, 11) is 0. The fraction of sp³-hybridized carbons (Fsp3) is 0.500. The first kappa shape index (κ1) is 8.01. The topological polar surface area (TPSA) is 52.3 Å². The molecule has 3 heteroatoms. The maximum Gasteiger partial charge on any atom is 0.404 e. The van der Waals surface area contributed by atoms with Gasteiger partial charge < -0.3 is 10.5 Å². The lowest BCUT2D eigenvalue weighted by molar-refractivity contribution is 0.155. The molecule has 0 rings (SSSR count). The minimum Gasteiger partial charge on any atom is -0.450 e. The van der Waals surface area contributed by atoms with Gasteiger partial charge in [0, 0.05) is 0 Å². The zero-order valence-electron chi connectivity index (χ0n) is 5.30. The molecule has 0 radical (unpaired) electrons. The fourth-order valence-corrected chi connectivity index (χ4v) is 0.400. The molecule has 3 nitrogen and oxygen atoms in total. The Balaban J connectivity index is 2.91. The van der Waals surface area contributed by atoms with Gasteiger partial charge in [-0.1, -0.05) is 6.08 Å². The van der Waals surface area contributed by atoms with Crippen molar-refractivity contribution >= 4 is 6.09 Å². The van der Waals surface area contributed by atoms with Crippen molar-refractivity contribution in [3.05, 3.63) is 12.7 Å². The van der Waals surface area contributed by atoms with E-state index in [0.29, 0.717) is 6.61 Å². The second-order valence-corrected chi connectivity index (χ2v) is 1.60. The molecule has 0 aliphatic rings. The molecular weight excluding hydrogens is 118 g/mol. The van der Waals surface area contributed by atoms with Crippen LogP contribution < -0.4 is 5.73 Å². The smallest absolute Gasteiger partial charge is 0.404 e. The molecule has 1 amide bonds. The molecule has 9 heavy (non-hydrogen) atoms. The minimum atomic E-state index is -0.709. The molecule has 0 aliphatic carbocycles. The Morgan fingerprint density at radius 1 is 1.78 bits per heavy atom. The Bertz CT molecular complexity index is 101. The third-order valence-electron chi connectivity index (χ3n) is 0.797. The van der Waals surface area contributed by atoms with E-state index in [-0.39, 0.29) is 0 Å². The number of amides is 1. The lowest BCUT2D eigenvalue weighted by Crippen LogP contribution is -2.13. The number of carbonyl (C=O) groups is 1. The van der Waals surface area contributed by atoms with Crippen LogP contribution in [0.2, 0.25) is 0 Å². The van der Waals surface area contributed by atoms with Crippen molar-refractivity contribution in [3.63, 3.8) is 0 Å². The van der Waals surface area contributed by atoms with E-state index in [9.17, 15) is 4.79 Å². The maximum absolute atomic E-state index is 9.94. The first-order chi connectivity index (χ1) is 4.27. The molecule has 0 aromatic heterocycles.